The first kappa shape index (κ1) is 27.0. The Bertz CT molecular complexity index is 836. The first-order valence-corrected chi connectivity index (χ1v) is 12.8. The molecule has 1 aliphatic heterocycles. The van der Waals surface area contributed by atoms with Crippen LogP contribution in [0.1, 0.15) is 38.7 Å². The van der Waals surface area contributed by atoms with Gasteiger partial charge in [-0.1, -0.05) is 41.4 Å². The zero-order valence-corrected chi connectivity index (χ0v) is 23.7. The molecule has 186 valence electrons. The summed E-state index contributed by atoms with van der Waals surface area (Å²) in [5.74, 6) is 3.21. The van der Waals surface area contributed by atoms with E-state index in [1.54, 1.807) is 19.8 Å². The number of rotatable bonds is 10. The summed E-state index contributed by atoms with van der Waals surface area (Å²) >= 11 is 3.74. The van der Waals surface area contributed by atoms with Crippen molar-refractivity contribution in [2.45, 2.75) is 39.7 Å². The normalized spacial score (nSPS) is 24.8. The quantitative estimate of drug-likeness (QED) is 0.239. The van der Waals surface area contributed by atoms with Crippen LogP contribution in [0.15, 0.2) is 28.3 Å². The first-order chi connectivity index (χ1) is 15.4. The van der Waals surface area contributed by atoms with Crippen molar-refractivity contribution in [1.82, 2.24) is 0 Å². The topological polar surface area (TPSA) is 36.9 Å². The van der Waals surface area contributed by atoms with E-state index in [9.17, 15) is 0 Å². The van der Waals surface area contributed by atoms with Gasteiger partial charge in [0.1, 0.15) is 26.2 Å². The second-order valence-corrected chi connectivity index (χ2v) is 11.1. The van der Waals surface area contributed by atoms with Crippen LogP contribution in [0.25, 0.3) is 0 Å². The van der Waals surface area contributed by atoms with Crippen LogP contribution in [0.2, 0.25) is 0 Å². The number of halogens is 2. The zero-order valence-electron chi connectivity index (χ0n) is 20.5. The lowest BCUT2D eigenvalue weighted by molar-refractivity contribution is -0.947. The number of hydrogen-bond donors (Lipinski definition) is 0. The van der Waals surface area contributed by atoms with E-state index in [-0.39, 0.29) is 17.0 Å². The van der Waals surface area contributed by atoms with E-state index in [1.807, 2.05) is 6.07 Å². The lowest BCUT2D eigenvalue weighted by Crippen LogP contribution is -3.00. The summed E-state index contributed by atoms with van der Waals surface area (Å²) in [6.07, 6.45) is 6.24. The molecule has 4 aliphatic rings. The van der Waals surface area contributed by atoms with Crippen LogP contribution in [-0.4, -0.2) is 64.8 Å². The maximum absolute atomic E-state index is 6.19. The lowest BCUT2D eigenvalue weighted by atomic mass is 9.48. The highest BCUT2D eigenvalue weighted by molar-refractivity contribution is 9.10. The Kier molecular flexibility index (Phi) is 9.35. The highest BCUT2D eigenvalue weighted by Gasteiger charge is 2.50. The Morgan fingerprint density at radius 1 is 1.09 bits per heavy atom. The van der Waals surface area contributed by atoms with E-state index < -0.39 is 0 Å². The maximum Gasteiger partial charge on any atom is 0.161 e. The molecule has 2 bridgehead atoms. The van der Waals surface area contributed by atoms with Gasteiger partial charge in [0.05, 0.1) is 40.6 Å². The molecule has 0 N–H and O–H groups in total. The van der Waals surface area contributed by atoms with Crippen molar-refractivity contribution < 1.29 is 40.4 Å². The third kappa shape index (κ3) is 5.80. The van der Waals surface area contributed by atoms with Gasteiger partial charge in [0.2, 0.25) is 0 Å². The minimum Gasteiger partial charge on any atom is -1.00 e. The Morgan fingerprint density at radius 3 is 2.42 bits per heavy atom. The third-order valence-electron chi connectivity index (χ3n) is 8.31. The number of nitrogens with zero attached hydrogens (tertiary/aromatic N) is 1. The Hall–Kier alpha value is -0.600. The number of fused-ring (bicyclic) bond motifs is 1. The van der Waals surface area contributed by atoms with Gasteiger partial charge >= 0.3 is 0 Å². The molecule has 7 heteroatoms. The minimum absolute atomic E-state index is 0. The molecular formula is C26H39Br2NO4. The van der Waals surface area contributed by atoms with Gasteiger partial charge in [0.25, 0.3) is 0 Å². The average molecular weight is 589 g/mol. The van der Waals surface area contributed by atoms with Gasteiger partial charge in [-0.25, -0.2) is 0 Å². The van der Waals surface area contributed by atoms with Gasteiger partial charge < -0.3 is 40.4 Å². The molecule has 2 fully saturated rings. The van der Waals surface area contributed by atoms with E-state index >= 15 is 0 Å². The molecule has 0 spiro atoms. The largest absolute Gasteiger partial charge is 1.00 e. The molecule has 1 saturated carbocycles. The molecule has 5 rings (SSSR count). The molecule has 0 radical (unpaired) electrons. The summed E-state index contributed by atoms with van der Waals surface area (Å²) in [6.45, 7) is 12.0. The zero-order chi connectivity index (χ0) is 22.8. The molecule has 0 aromatic heterocycles. The summed E-state index contributed by atoms with van der Waals surface area (Å²) in [5.41, 5.74) is 3.38. The summed E-state index contributed by atoms with van der Waals surface area (Å²) in [5, 5.41) is 0. The number of allylic oxidation sites excluding steroid dienone is 1. The van der Waals surface area contributed by atoms with Gasteiger partial charge in [-0.2, -0.15) is 0 Å². The first-order valence-electron chi connectivity index (χ1n) is 12.0. The predicted octanol–water partition coefficient (Wildman–Crippen LogP) is 2.22. The summed E-state index contributed by atoms with van der Waals surface area (Å²) < 4.78 is 24.9. The molecule has 1 aromatic rings. The molecule has 33 heavy (non-hydrogen) atoms. The fourth-order valence-electron chi connectivity index (χ4n) is 5.88. The van der Waals surface area contributed by atoms with Crippen molar-refractivity contribution in [3.05, 3.63) is 33.8 Å². The predicted molar refractivity (Wildman–Crippen MR) is 130 cm³/mol. The van der Waals surface area contributed by atoms with E-state index in [0.29, 0.717) is 5.41 Å². The van der Waals surface area contributed by atoms with Crippen LogP contribution in [-0.2, 0) is 16.0 Å². The molecule has 3 aliphatic carbocycles. The molecule has 1 heterocycles. The Morgan fingerprint density at radius 2 is 1.79 bits per heavy atom. The maximum atomic E-state index is 6.19. The van der Waals surface area contributed by atoms with Crippen LogP contribution in [0, 0.1) is 17.3 Å². The van der Waals surface area contributed by atoms with Crippen LogP contribution in [0.3, 0.4) is 0 Å². The van der Waals surface area contributed by atoms with Crippen molar-refractivity contribution >= 4 is 15.9 Å². The van der Waals surface area contributed by atoms with Crippen LogP contribution < -0.4 is 26.5 Å². The van der Waals surface area contributed by atoms with E-state index in [1.165, 1.54) is 18.4 Å². The summed E-state index contributed by atoms with van der Waals surface area (Å²) in [7, 11) is 3.36. The molecule has 1 aromatic carbocycles. The van der Waals surface area contributed by atoms with Crippen molar-refractivity contribution in [1.29, 1.82) is 0 Å². The average Bonchev–Trinajstić information content (AvgIpc) is 2.80. The van der Waals surface area contributed by atoms with Crippen LogP contribution in [0.5, 0.6) is 11.5 Å². The molecule has 1 saturated heterocycles. The number of hydrogen-bond acceptors (Lipinski definition) is 4. The number of morpholine rings is 1. The van der Waals surface area contributed by atoms with Crippen molar-refractivity contribution in [3.63, 3.8) is 0 Å². The smallest absolute Gasteiger partial charge is 0.161 e. The van der Waals surface area contributed by atoms with Gasteiger partial charge in [-0.3, -0.25) is 0 Å². The molecule has 0 amide bonds. The fraction of sp³-hybridized carbons (Fsp3) is 0.692. The second kappa shape index (κ2) is 11.4. The lowest BCUT2D eigenvalue weighted by Gasteiger charge is -2.56. The summed E-state index contributed by atoms with van der Waals surface area (Å²) in [4.78, 5) is 0. The highest BCUT2D eigenvalue weighted by Crippen LogP contribution is 2.59. The van der Waals surface area contributed by atoms with Gasteiger partial charge in [0, 0.05) is 10.0 Å². The number of ether oxygens (including phenoxy) is 4. The summed E-state index contributed by atoms with van der Waals surface area (Å²) in [6, 6.07) is 4.11. The van der Waals surface area contributed by atoms with Gasteiger partial charge in [-0.15, -0.1) is 0 Å². The molecule has 2 atom stereocenters. The number of methoxy groups -OCH3 is 2. The van der Waals surface area contributed by atoms with Gasteiger partial charge in [-0.05, 0) is 48.6 Å². The monoisotopic (exact) mass is 587 g/mol. The molecule has 0 unspecified atom stereocenters. The Labute approximate surface area is 218 Å². The van der Waals surface area contributed by atoms with Gasteiger partial charge in [0.15, 0.2) is 11.5 Å². The molecule has 5 nitrogen and oxygen atoms in total. The number of quaternary nitrogens is 1. The fourth-order valence-corrected chi connectivity index (χ4v) is 6.33. The standard InChI is InChI=1S/C26H39BrNO4.BrH/c1-26(2)21-6-5-19(22(26)16-21)7-11-31-12-8-28(9-13-32-14-10-28)18-20-15-24(29-3)25(30-4)17-23(20)27;/h5,15,17,21-22H,6-14,16,18H2,1-4H3;1H/q+1;/p-1/t21-,22-;/m1./s1. The van der Waals surface area contributed by atoms with E-state index in [4.69, 9.17) is 18.9 Å². The SMILES string of the molecule is COc1cc(Br)c(C[N+]2(CCOCCC3=CC[C@@H]4C[C@H]3C4(C)C)CCOCC2)cc1OC.[Br-]. The second-order valence-electron chi connectivity index (χ2n) is 10.3. The van der Waals surface area contributed by atoms with Crippen molar-refractivity contribution in [2.75, 3.05) is 60.3 Å². The van der Waals surface area contributed by atoms with Crippen LogP contribution in [0.4, 0.5) is 0 Å². The highest BCUT2D eigenvalue weighted by atomic mass is 79.9. The van der Waals surface area contributed by atoms with Crippen LogP contribution >= 0.6 is 15.9 Å². The van der Waals surface area contributed by atoms with E-state index in [2.05, 4.69) is 41.9 Å². The minimum atomic E-state index is 0. The van der Waals surface area contributed by atoms with E-state index in [0.717, 1.165) is 91.3 Å². The number of benzene rings is 1. The Balaban J connectivity index is 0.00000306. The molecular weight excluding hydrogens is 550 g/mol. The van der Waals surface area contributed by atoms with Crippen molar-refractivity contribution in [2.24, 2.45) is 17.3 Å². The van der Waals surface area contributed by atoms with Crippen molar-refractivity contribution in [3.8, 4) is 11.5 Å². The third-order valence-corrected chi connectivity index (χ3v) is 9.04.